The molecule has 0 aliphatic heterocycles. The predicted molar refractivity (Wildman–Crippen MR) is 77.0 cm³/mol. The first-order chi connectivity index (χ1) is 7.63. The number of halogens is 1. The Morgan fingerprint density at radius 2 is 2.12 bits per heavy atom. The van der Waals surface area contributed by atoms with Crippen LogP contribution in [0.4, 0.5) is 0 Å². The zero-order valence-electron chi connectivity index (χ0n) is 10.5. The number of alkyl halides is 1. The standard InChI is InChI=1S/C15H21Br/c1-12(2)10-14-7-4-8-15(11-14)13(3)6-5-9-16/h4,6-8,11-12H,5,9-10H2,1-3H3/b13-6+. The van der Waals surface area contributed by atoms with Gasteiger partial charge in [-0.2, -0.15) is 0 Å². The van der Waals surface area contributed by atoms with Gasteiger partial charge in [-0.25, -0.2) is 0 Å². The summed E-state index contributed by atoms with van der Waals surface area (Å²) in [6.07, 6.45) is 4.56. The van der Waals surface area contributed by atoms with E-state index in [1.54, 1.807) is 0 Å². The highest BCUT2D eigenvalue weighted by atomic mass is 79.9. The topological polar surface area (TPSA) is 0 Å². The molecule has 0 saturated heterocycles. The van der Waals surface area contributed by atoms with Gasteiger partial charge >= 0.3 is 0 Å². The predicted octanol–water partition coefficient (Wildman–Crippen LogP) is 5.07. The Bertz CT molecular complexity index is 350. The van der Waals surface area contributed by atoms with Gasteiger partial charge in [-0.15, -0.1) is 0 Å². The van der Waals surface area contributed by atoms with Crippen LogP contribution in [0.15, 0.2) is 30.3 Å². The largest absolute Gasteiger partial charge is 0.0925 e. The van der Waals surface area contributed by atoms with Crippen LogP contribution in [-0.4, -0.2) is 5.33 Å². The first-order valence-electron chi connectivity index (χ1n) is 5.95. The van der Waals surface area contributed by atoms with Gasteiger partial charge in [0.05, 0.1) is 0 Å². The quantitative estimate of drug-likeness (QED) is 0.661. The lowest BCUT2D eigenvalue weighted by Crippen LogP contribution is -1.94. The van der Waals surface area contributed by atoms with Crippen LogP contribution in [0.5, 0.6) is 0 Å². The highest BCUT2D eigenvalue weighted by Gasteiger charge is 2.00. The summed E-state index contributed by atoms with van der Waals surface area (Å²) in [5.74, 6) is 0.724. The van der Waals surface area contributed by atoms with E-state index in [1.807, 2.05) is 0 Å². The minimum atomic E-state index is 0.724. The lowest BCUT2D eigenvalue weighted by atomic mass is 9.98. The van der Waals surface area contributed by atoms with E-state index in [9.17, 15) is 0 Å². The number of hydrogen-bond acceptors (Lipinski definition) is 0. The molecule has 0 bridgehead atoms. The average molecular weight is 281 g/mol. The fraction of sp³-hybridized carbons (Fsp3) is 0.467. The Hall–Kier alpha value is -0.560. The minimum absolute atomic E-state index is 0.724. The first kappa shape index (κ1) is 13.5. The Labute approximate surface area is 108 Å². The summed E-state index contributed by atoms with van der Waals surface area (Å²) in [4.78, 5) is 0. The van der Waals surface area contributed by atoms with Gasteiger partial charge in [-0.3, -0.25) is 0 Å². The monoisotopic (exact) mass is 280 g/mol. The summed E-state index contributed by atoms with van der Waals surface area (Å²) in [7, 11) is 0. The van der Waals surface area contributed by atoms with Crippen LogP contribution in [-0.2, 0) is 6.42 Å². The fourth-order valence-electron chi connectivity index (χ4n) is 1.80. The normalized spacial score (nSPS) is 12.2. The molecule has 0 heterocycles. The molecule has 16 heavy (non-hydrogen) atoms. The second-order valence-electron chi connectivity index (χ2n) is 4.66. The molecule has 0 atom stereocenters. The van der Waals surface area contributed by atoms with Crippen molar-refractivity contribution in [2.45, 2.75) is 33.6 Å². The van der Waals surface area contributed by atoms with Crippen molar-refractivity contribution in [3.8, 4) is 0 Å². The molecule has 88 valence electrons. The molecular formula is C15H21Br. The lowest BCUT2D eigenvalue weighted by molar-refractivity contribution is 0.647. The number of benzene rings is 1. The Balaban J connectivity index is 2.81. The van der Waals surface area contributed by atoms with E-state index in [4.69, 9.17) is 0 Å². The summed E-state index contributed by atoms with van der Waals surface area (Å²) in [5, 5.41) is 1.04. The molecule has 0 fully saturated rings. The molecule has 0 nitrogen and oxygen atoms in total. The summed E-state index contributed by atoms with van der Waals surface area (Å²) in [6.45, 7) is 6.72. The van der Waals surface area contributed by atoms with Crippen molar-refractivity contribution in [1.82, 2.24) is 0 Å². The SMILES string of the molecule is C/C(=C\CCBr)c1cccc(CC(C)C)c1. The van der Waals surface area contributed by atoms with E-state index in [-0.39, 0.29) is 0 Å². The van der Waals surface area contributed by atoms with Gasteiger partial charge in [0.2, 0.25) is 0 Å². The molecule has 1 aromatic carbocycles. The van der Waals surface area contributed by atoms with Crippen molar-refractivity contribution in [3.05, 3.63) is 41.5 Å². The number of hydrogen-bond donors (Lipinski definition) is 0. The summed E-state index contributed by atoms with van der Waals surface area (Å²) in [5.41, 5.74) is 4.18. The summed E-state index contributed by atoms with van der Waals surface area (Å²) in [6, 6.07) is 8.91. The zero-order valence-corrected chi connectivity index (χ0v) is 12.0. The van der Waals surface area contributed by atoms with E-state index in [0.29, 0.717) is 0 Å². The molecule has 1 heteroatoms. The Morgan fingerprint density at radius 3 is 2.75 bits per heavy atom. The van der Waals surface area contributed by atoms with Crippen LogP contribution in [0.25, 0.3) is 5.57 Å². The molecular weight excluding hydrogens is 260 g/mol. The number of rotatable bonds is 5. The highest BCUT2D eigenvalue weighted by Crippen LogP contribution is 2.18. The van der Waals surface area contributed by atoms with Gasteiger partial charge in [0.25, 0.3) is 0 Å². The van der Waals surface area contributed by atoms with E-state index in [2.05, 4.69) is 67.0 Å². The molecule has 0 aliphatic rings. The molecule has 0 aromatic heterocycles. The van der Waals surface area contributed by atoms with Crippen LogP contribution < -0.4 is 0 Å². The maximum absolute atomic E-state index is 3.45. The molecule has 1 aromatic rings. The van der Waals surface area contributed by atoms with Crippen molar-refractivity contribution in [2.75, 3.05) is 5.33 Å². The second kappa shape index (κ2) is 6.90. The van der Waals surface area contributed by atoms with Crippen LogP contribution >= 0.6 is 15.9 Å². The van der Waals surface area contributed by atoms with Gasteiger partial charge in [0.15, 0.2) is 0 Å². The molecule has 0 radical (unpaired) electrons. The Kier molecular flexibility index (Phi) is 5.83. The first-order valence-corrected chi connectivity index (χ1v) is 7.07. The third kappa shape index (κ3) is 4.52. The van der Waals surface area contributed by atoms with E-state index in [0.717, 1.165) is 17.7 Å². The third-order valence-electron chi connectivity index (χ3n) is 2.59. The van der Waals surface area contributed by atoms with Crippen LogP contribution in [0.2, 0.25) is 0 Å². The smallest absolute Gasteiger partial charge is 0.00661 e. The lowest BCUT2D eigenvalue weighted by Gasteiger charge is -2.08. The third-order valence-corrected chi connectivity index (χ3v) is 3.04. The van der Waals surface area contributed by atoms with Gasteiger partial charge in [-0.1, -0.05) is 60.1 Å². The van der Waals surface area contributed by atoms with Gasteiger partial charge in [-0.05, 0) is 42.4 Å². The van der Waals surface area contributed by atoms with Crippen molar-refractivity contribution >= 4 is 21.5 Å². The van der Waals surface area contributed by atoms with E-state index >= 15 is 0 Å². The van der Waals surface area contributed by atoms with Crippen molar-refractivity contribution in [3.63, 3.8) is 0 Å². The maximum atomic E-state index is 3.45. The molecule has 0 N–H and O–H groups in total. The number of allylic oxidation sites excluding steroid dienone is 2. The average Bonchev–Trinajstić information content (AvgIpc) is 2.25. The second-order valence-corrected chi connectivity index (χ2v) is 5.46. The van der Waals surface area contributed by atoms with Crippen molar-refractivity contribution < 1.29 is 0 Å². The van der Waals surface area contributed by atoms with Crippen LogP contribution in [0.1, 0.15) is 38.3 Å². The molecule has 0 spiro atoms. The minimum Gasteiger partial charge on any atom is -0.0925 e. The summed E-state index contributed by atoms with van der Waals surface area (Å²) >= 11 is 3.45. The van der Waals surface area contributed by atoms with Crippen LogP contribution in [0.3, 0.4) is 0 Å². The molecule has 0 saturated carbocycles. The molecule has 0 aliphatic carbocycles. The van der Waals surface area contributed by atoms with Crippen molar-refractivity contribution in [1.29, 1.82) is 0 Å². The van der Waals surface area contributed by atoms with Crippen molar-refractivity contribution in [2.24, 2.45) is 5.92 Å². The van der Waals surface area contributed by atoms with Gasteiger partial charge < -0.3 is 0 Å². The van der Waals surface area contributed by atoms with Gasteiger partial charge in [0.1, 0.15) is 0 Å². The maximum Gasteiger partial charge on any atom is 0.00661 e. The Morgan fingerprint density at radius 1 is 1.38 bits per heavy atom. The molecule has 0 amide bonds. The van der Waals surface area contributed by atoms with E-state index in [1.165, 1.54) is 23.1 Å². The van der Waals surface area contributed by atoms with E-state index < -0.39 is 0 Å². The molecule has 0 unspecified atom stereocenters. The summed E-state index contributed by atoms with van der Waals surface area (Å²) < 4.78 is 0. The molecule has 1 rings (SSSR count). The fourth-order valence-corrected chi connectivity index (χ4v) is 2.03. The highest BCUT2D eigenvalue weighted by molar-refractivity contribution is 9.09. The van der Waals surface area contributed by atoms with Gasteiger partial charge in [0, 0.05) is 5.33 Å². The zero-order chi connectivity index (χ0) is 12.0. The van der Waals surface area contributed by atoms with Crippen LogP contribution in [0, 0.1) is 5.92 Å².